The second kappa shape index (κ2) is 3.92. The standard InChI is InChI=1S/C8H13N3.ClH/c9-5-8-6-3-1-2-4-7(6)10-11-8;/h1-5,9H2,(H,10,11);1H. The Labute approximate surface area is 78.1 Å². The number of aromatic nitrogens is 2. The summed E-state index contributed by atoms with van der Waals surface area (Å²) in [7, 11) is 0. The van der Waals surface area contributed by atoms with Crippen LogP contribution in [0.2, 0.25) is 0 Å². The van der Waals surface area contributed by atoms with Crippen LogP contribution >= 0.6 is 12.4 Å². The number of nitrogens with zero attached hydrogens (tertiary/aromatic N) is 1. The first-order valence-corrected chi connectivity index (χ1v) is 4.17. The van der Waals surface area contributed by atoms with Crippen molar-refractivity contribution >= 4 is 12.4 Å². The van der Waals surface area contributed by atoms with Crippen molar-refractivity contribution in [1.29, 1.82) is 0 Å². The van der Waals surface area contributed by atoms with Crippen LogP contribution < -0.4 is 5.73 Å². The lowest BCUT2D eigenvalue weighted by atomic mass is 9.96. The Morgan fingerprint density at radius 2 is 2.08 bits per heavy atom. The van der Waals surface area contributed by atoms with E-state index in [0.717, 1.165) is 12.1 Å². The number of fused-ring (bicyclic) bond motifs is 1. The zero-order valence-corrected chi connectivity index (χ0v) is 7.78. The first-order valence-electron chi connectivity index (χ1n) is 4.17. The van der Waals surface area contributed by atoms with E-state index in [9.17, 15) is 0 Å². The zero-order chi connectivity index (χ0) is 7.68. The fourth-order valence-electron chi connectivity index (χ4n) is 1.72. The smallest absolute Gasteiger partial charge is 0.0792 e. The summed E-state index contributed by atoms with van der Waals surface area (Å²) in [5.74, 6) is 0. The molecule has 68 valence electrons. The lowest BCUT2D eigenvalue weighted by Gasteiger charge is -2.09. The Balaban J connectivity index is 0.000000720. The van der Waals surface area contributed by atoms with Gasteiger partial charge in [-0.3, -0.25) is 5.10 Å². The predicted molar refractivity (Wildman–Crippen MR) is 50.4 cm³/mol. The molecule has 0 saturated carbocycles. The molecule has 1 heterocycles. The molecule has 1 aromatic rings. The van der Waals surface area contributed by atoms with Gasteiger partial charge in [-0.2, -0.15) is 5.10 Å². The van der Waals surface area contributed by atoms with Crippen LogP contribution in [0.1, 0.15) is 29.8 Å². The Morgan fingerprint density at radius 1 is 1.33 bits per heavy atom. The third-order valence-electron chi connectivity index (χ3n) is 2.34. The summed E-state index contributed by atoms with van der Waals surface area (Å²) in [5.41, 5.74) is 9.31. The second-order valence-electron chi connectivity index (χ2n) is 3.04. The number of H-pyrrole nitrogens is 1. The molecular formula is C8H14ClN3. The summed E-state index contributed by atoms with van der Waals surface area (Å²) >= 11 is 0. The Bertz CT molecular complexity index is 243. The van der Waals surface area contributed by atoms with E-state index in [-0.39, 0.29) is 12.4 Å². The van der Waals surface area contributed by atoms with E-state index in [4.69, 9.17) is 5.73 Å². The third-order valence-corrected chi connectivity index (χ3v) is 2.34. The molecule has 0 aliphatic heterocycles. The van der Waals surface area contributed by atoms with E-state index in [2.05, 4.69) is 10.2 Å². The minimum Gasteiger partial charge on any atom is -0.325 e. The normalized spacial score (nSPS) is 15.1. The van der Waals surface area contributed by atoms with Gasteiger partial charge in [0.25, 0.3) is 0 Å². The summed E-state index contributed by atoms with van der Waals surface area (Å²) in [5, 5.41) is 7.21. The van der Waals surface area contributed by atoms with Crippen LogP contribution in [0.15, 0.2) is 0 Å². The minimum absolute atomic E-state index is 0. The van der Waals surface area contributed by atoms with Gasteiger partial charge >= 0.3 is 0 Å². The van der Waals surface area contributed by atoms with E-state index >= 15 is 0 Å². The summed E-state index contributed by atoms with van der Waals surface area (Å²) < 4.78 is 0. The van der Waals surface area contributed by atoms with Crippen LogP contribution in [0.25, 0.3) is 0 Å². The quantitative estimate of drug-likeness (QED) is 0.694. The van der Waals surface area contributed by atoms with Crippen LogP contribution in [-0.2, 0) is 19.4 Å². The summed E-state index contributed by atoms with van der Waals surface area (Å²) in [6, 6.07) is 0. The first-order chi connectivity index (χ1) is 5.42. The molecule has 0 aromatic carbocycles. The van der Waals surface area contributed by atoms with Gasteiger partial charge in [0.2, 0.25) is 0 Å². The molecule has 0 amide bonds. The highest BCUT2D eigenvalue weighted by atomic mass is 35.5. The number of aryl methyl sites for hydroxylation is 1. The molecule has 0 atom stereocenters. The Morgan fingerprint density at radius 3 is 2.83 bits per heavy atom. The number of nitrogens with one attached hydrogen (secondary N) is 1. The number of hydrogen-bond acceptors (Lipinski definition) is 2. The number of hydrogen-bond donors (Lipinski definition) is 2. The van der Waals surface area contributed by atoms with Crippen molar-refractivity contribution in [3.63, 3.8) is 0 Å². The van der Waals surface area contributed by atoms with E-state index in [1.807, 2.05) is 0 Å². The topological polar surface area (TPSA) is 54.7 Å². The van der Waals surface area contributed by atoms with Gasteiger partial charge in [-0.05, 0) is 31.2 Å². The number of nitrogens with two attached hydrogens (primary N) is 1. The van der Waals surface area contributed by atoms with Gasteiger partial charge < -0.3 is 5.73 Å². The lowest BCUT2D eigenvalue weighted by Crippen LogP contribution is -2.05. The second-order valence-corrected chi connectivity index (χ2v) is 3.04. The first kappa shape index (κ1) is 9.55. The molecule has 0 spiro atoms. The maximum Gasteiger partial charge on any atom is 0.0792 e. The zero-order valence-electron chi connectivity index (χ0n) is 6.97. The molecule has 1 aromatic heterocycles. The summed E-state index contributed by atoms with van der Waals surface area (Å²) in [4.78, 5) is 0. The van der Waals surface area contributed by atoms with Gasteiger partial charge in [0.05, 0.1) is 5.69 Å². The third kappa shape index (κ3) is 1.47. The van der Waals surface area contributed by atoms with Gasteiger partial charge in [0.15, 0.2) is 0 Å². The molecule has 3 N–H and O–H groups in total. The van der Waals surface area contributed by atoms with Crippen molar-refractivity contribution in [3.05, 3.63) is 17.0 Å². The molecular weight excluding hydrogens is 174 g/mol. The van der Waals surface area contributed by atoms with Gasteiger partial charge in [0, 0.05) is 12.2 Å². The van der Waals surface area contributed by atoms with E-state index in [1.54, 1.807) is 0 Å². The fourth-order valence-corrected chi connectivity index (χ4v) is 1.72. The Hall–Kier alpha value is -0.540. The molecule has 4 heteroatoms. The van der Waals surface area contributed by atoms with Crippen molar-refractivity contribution in [2.45, 2.75) is 32.2 Å². The van der Waals surface area contributed by atoms with E-state index in [1.165, 1.54) is 30.5 Å². The van der Waals surface area contributed by atoms with Gasteiger partial charge in [-0.15, -0.1) is 12.4 Å². The molecule has 0 bridgehead atoms. The highest BCUT2D eigenvalue weighted by Gasteiger charge is 2.14. The maximum atomic E-state index is 5.54. The highest BCUT2D eigenvalue weighted by molar-refractivity contribution is 5.85. The van der Waals surface area contributed by atoms with Crippen LogP contribution in [0.3, 0.4) is 0 Å². The SMILES string of the molecule is Cl.NCc1n[nH]c2c1CCCC2. The van der Waals surface area contributed by atoms with E-state index in [0.29, 0.717) is 6.54 Å². The van der Waals surface area contributed by atoms with Crippen molar-refractivity contribution in [2.24, 2.45) is 5.73 Å². The molecule has 0 unspecified atom stereocenters. The molecule has 3 nitrogen and oxygen atoms in total. The monoisotopic (exact) mass is 187 g/mol. The number of aromatic amines is 1. The predicted octanol–water partition coefficient (Wildman–Crippen LogP) is 1.17. The molecule has 0 radical (unpaired) electrons. The molecule has 1 aliphatic rings. The Kier molecular flexibility index (Phi) is 3.12. The van der Waals surface area contributed by atoms with Gasteiger partial charge in [0.1, 0.15) is 0 Å². The lowest BCUT2D eigenvalue weighted by molar-refractivity contribution is 0.672. The minimum atomic E-state index is 0. The number of halogens is 1. The maximum absolute atomic E-state index is 5.54. The molecule has 1 aliphatic carbocycles. The largest absolute Gasteiger partial charge is 0.325 e. The molecule has 0 fully saturated rings. The van der Waals surface area contributed by atoms with Crippen LogP contribution in [0.4, 0.5) is 0 Å². The average molecular weight is 188 g/mol. The van der Waals surface area contributed by atoms with Crippen molar-refractivity contribution in [3.8, 4) is 0 Å². The number of rotatable bonds is 1. The van der Waals surface area contributed by atoms with Crippen molar-refractivity contribution in [2.75, 3.05) is 0 Å². The summed E-state index contributed by atoms with van der Waals surface area (Å²) in [6.07, 6.45) is 4.90. The van der Waals surface area contributed by atoms with E-state index < -0.39 is 0 Å². The molecule has 2 rings (SSSR count). The van der Waals surface area contributed by atoms with Crippen LogP contribution in [0, 0.1) is 0 Å². The van der Waals surface area contributed by atoms with Crippen molar-refractivity contribution < 1.29 is 0 Å². The molecule has 12 heavy (non-hydrogen) atoms. The fraction of sp³-hybridized carbons (Fsp3) is 0.625. The van der Waals surface area contributed by atoms with Crippen molar-refractivity contribution in [1.82, 2.24) is 10.2 Å². The van der Waals surface area contributed by atoms with Crippen LogP contribution in [-0.4, -0.2) is 10.2 Å². The van der Waals surface area contributed by atoms with Gasteiger partial charge in [-0.25, -0.2) is 0 Å². The highest BCUT2D eigenvalue weighted by Crippen LogP contribution is 2.21. The van der Waals surface area contributed by atoms with Crippen LogP contribution in [0.5, 0.6) is 0 Å². The van der Waals surface area contributed by atoms with Gasteiger partial charge in [-0.1, -0.05) is 0 Å². The summed E-state index contributed by atoms with van der Waals surface area (Å²) in [6.45, 7) is 0.575. The molecule has 0 saturated heterocycles. The average Bonchev–Trinajstić information content (AvgIpc) is 2.47.